The summed E-state index contributed by atoms with van der Waals surface area (Å²) in [6.45, 7) is 7.68. The van der Waals surface area contributed by atoms with Crippen molar-refractivity contribution >= 4 is 18.7 Å². The number of rotatable bonds is 5. The zero-order chi connectivity index (χ0) is 18.6. The van der Waals surface area contributed by atoms with Gasteiger partial charge in [-0.15, -0.1) is 0 Å². The first kappa shape index (κ1) is 19.3. The van der Waals surface area contributed by atoms with Crippen molar-refractivity contribution in [2.24, 2.45) is 5.92 Å². The Morgan fingerprint density at radius 3 is 1.92 bits per heavy atom. The Kier molecular flexibility index (Phi) is 6.01. The molecule has 1 fully saturated rings. The van der Waals surface area contributed by atoms with E-state index in [0.29, 0.717) is 5.92 Å². The molecule has 0 amide bonds. The van der Waals surface area contributed by atoms with Crippen LogP contribution in [-0.2, 0) is 4.43 Å². The van der Waals surface area contributed by atoms with Gasteiger partial charge in [0.2, 0.25) is 0 Å². The molecule has 1 N–H and O–H groups in total. The normalized spacial score (nSPS) is 21.5. The summed E-state index contributed by atoms with van der Waals surface area (Å²) in [7, 11) is -2.44. The van der Waals surface area contributed by atoms with Gasteiger partial charge in [0.05, 0.1) is 6.10 Å². The average Bonchev–Trinajstić information content (AvgIpc) is 2.63. The van der Waals surface area contributed by atoms with Gasteiger partial charge in [-0.05, 0) is 40.6 Å². The molecule has 0 saturated heterocycles. The first-order valence-electron chi connectivity index (χ1n) is 9.86. The van der Waals surface area contributed by atoms with Crippen LogP contribution < -0.4 is 10.4 Å². The topological polar surface area (TPSA) is 29.5 Å². The van der Waals surface area contributed by atoms with Gasteiger partial charge in [0.1, 0.15) is 0 Å². The minimum atomic E-state index is -2.44. The minimum absolute atomic E-state index is 0.0169. The molecule has 2 atom stereocenters. The quantitative estimate of drug-likeness (QED) is 0.805. The van der Waals surface area contributed by atoms with Crippen LogP contribution in [-0.4, -0.2) is 26.1 Å². The molecule has 3 heteroatoms. The van der Waals surface area contributed by atoms with E-state index in [2.05, 4.69) is 81.4 Å². The summed E-state index contributed by atoms with van der Waals surface area (Å²) in [4.78, 5) is 0. The van der Waals surface area contributed by atoms with Crippen LogP contribution in [0.1, 0.15) is 46.5 Å². The highest BCUT2D eigenvalue weighted by molar-refractivity contribution is 6.99. The predicted molar refractivity (Wildman–Crippen MR) is 112 cm³/mol. The third kappa shape index (κ3) is 3.95. The van der Waals surface area contributed by atoms with Gasteiger partial charge >= 0.3 is 0 Å². The average molecular weight is 369 g/mol. The third-order valence-electron chi connectivity index (χ3n) is 5.71. The van der Waals surface area contributed by atoms with Gasteiger partial charge in [-0.1, -0.05) is 87.9 Å². The second kappa shape index (κ2) is 8.08. The Morgan fingerprint density at radius 2 is 1.46 bits per heavy atom. The smallest absolute Gasteiger partial charge is 0.261 e. The summed E-state index contributed by atoms with van der Waals surface area (Å²) < 4.78 is 6.98. The van der Waals surface area contributed by atoms with Crippen molar-refractivity contribution in [1.29, 1.82) is 0 Å². The lowest BCUT2D eigenvalue weighted by Crippen LogP contribution is -2.67. The Hall–Kier alpha value is -1.42. The van der Waals surface area contributed by atoms with Crippen LogP contribution in [0.15, 0.2) is 60.7 Å². The molecule has 0 heterocycles. The molecular weight excluding hydrogens is 336 g/mol. The summed E-state index contributed by atoms with van der Waals surface area (Å²) >= 11 is 0. The van der Waals surface area contributed by atoms with Crippen molar-refractivity contribution in [2.45, 2.75) is 57.6 Å². The number of benzene rings is 2. The molecule has 0 bridgehead atoms. The second-order valence-corrected chi connectivity index (χ2v) is 13.0. The Labute approximate surface area is 159 Å². The summed E-state index contributed by atoms with van der Waals surface area (Å²) in [6.07, 6.45) is 3.93. The zero-order valence-corrected chi connectivity index (χ0v) is 17.3. The van der Waals surface area contributed by atoms with Crippen molar-refractivity contribution < 1.29 is 9.53 Å². The van der Waals surface area contributed by atoms with Crippen LogP contribution in [0.25, 0.3) is 0 Å². The van der Waals surface area contributed by atoms with E-state index in [1.165, 1.54) is 10.4 Å². The molecular formula is C23H32O2Si. The van der Waals surface area contributed by atoms with E-state index >= 15 is 0 Å². The highest BCUT2D eigenvalue weighted by Gasteiger charge is 2.50. The summed E-state index contributed by atoms with van der Waals surface area (Å²) in [5, 5.41) is 12.7. The van der Waals surface area contributed by atoms with Crippen molar-refractivity contribution in [1.82, 2.24) is 0 Å². The zero-order valence-electron chi connectivity index (χ0n) is 16.3. The molecule has 2 aromatic carbocycles. The maximum Gasteiger partial charge on any atom is 0.261 e. The van der Waals surface area contributed by atoms with Gasteiger partial charge in [0.15, 0.2) is 0 Å². The van der Waals surface area contributed by atoms with Gasteiger partial charge in [-0.3, -0.25) is 0 Å². The van der Waals surface area contributed by atoms with Gasteiger partial charge < -0.3 is 9.53 Å². The van der Waals surface area contributed by atoms with E-state index in [4.69, 9.17) is 4.43 Å². The SMILES string of the molecule is CC(C)(C)[Si](OCC1CCCC(O)C1)(c1ccccc1)c1ccccc1. The molecule has 1 aliphatic rings. The summed E-state index contributed by atoms with van der Waals surface area (Å²) in [5.74, 6) is 0.459. The van der Waals surface area contributed by atoms with Crippen molar-refractivity contribution in [3.05, 3.63) is 60.7 Å². The van der Waals surface area contributed by atoms with Crippen LogP contribution in [0, 0.1) is 5.92 Å². The number of hydrogen-bond acceptors (Lipinski definition) is 2. The Morgan fingerprint density at radius 1 is 0.923 bits per heavy atom. The molecule has 140 valence electrons. The summed E-state index contributed by atoms with van der Waals surface area (Å²) in [6, 6.07) is 21.6. The standard InChI is InChI=1S/C23H32O2Si/c1-23(2,3)26(21-13-6-4-7-14-21,22-15-8-5-9-16-22)25-18-19-11-10-12-20(24)17-19/h4-9,13-16,19-20,24H,10-12,17-18H2,1-3H3. The lowest BCUT2D eigenvalue weighted by molar-refractivity contribution is 0.0789. The first-order valence-corrected chi connectivity index (χ1v) is 11.8. The fourth-order valence-electron chi connectivity index (χ4n) is 4.42. The minimum Gasteiger partial charge on any atom is -0.407 e. The Bertz CT molecular complexity index is 639. The molecule has 0 aliphatic heterocycles. The van der Waals surface area contributed by atoms with Crippen molar-refractivity contribution in [2.75, 3.05) is 6.61 Å². The van der Waals surface area contributed by atoms with E-state index in [0.717, 1.165) is 32.3 Å². The van der Waals surface area contributed by atoms with E-state index in [1.54, 1.807) is 0 Å². The maximum absolute atomic E-state index is 10.1. The van der Waals surface area contributed by atoms with Gasteiger partial charge in [0.25, 0.3) is 8.32 Å². The van der Waals surface area contributed by atoms with Crippen molar-refractivity contribution in [3.63, 3.8) is 0 Å². The number of aliphatic hydroxyl groups excluding tert-OH is 1. The van der Waals surface area contributed by atoms with Crippen LogP contribution in [0.5, 0.6) is 0 Å². The van der Waals surface area contributed by atoms with E-state index in [1.807, 2.05) is 0 Å². The highest BCUT2D eigenvalue weighted by atomic mass is 28.4. The summed E-state index contributed by atoms with van der Waals surface area (Å²) in [5.41, 5.74) is 0. The monoisotopic (exact) mass is 368 g/mol. The van der Waals surface area contributed by atoms with E-state index < -0.39 is 8.32 Å². The molecule has 2 unspecified atom stereocenters. The first-order chi connectivity index (χ1) is 12.4. The molecule has 2 aromatic rings. The molecule has 0 aromatic heterocycles. The fourth-order valence-corrected chi connectivity index (χ4v) is 9.06. The van der Waals surface area contributed by atoms with Crippen LogP contribution >= 0.6 is 0 Å². The molecule has 3 rings (SSSR count). The van der Waals surface area contributed by atoms with Crippen LogP contribution in [0.4, 0.5) is 0 Å². The van der Waals surface area contributed by atoms with Gasteiger partial charge in [-0.25, -0.2) is 0 Å². The molecule has 0 spiro atoms. The van der Waals surface area contributed by atoms with Gasteiger partial charge in [0, 0.05) is 6.61 Å². The largest absolute Gasteiger partial charge is 0.407 e. The van der Waals surface area contributed by atoms with Crippen molar-refractivity contribution in [3.8, 4) is 0 Å². The third-order valence-corrected chi connectivity index (χ3v) is 10.7. The molecule has 1 saturated carbocycles. The predicted octanol–water partition coefficient (Wildman–Crippen LogP) is 4.11. The highest BCUT2D eigenvalue weighted by Crippen LogP contribution is 2.37. The second-order valence-electron chi connectivity index (χ2n) is 8.66. The van der Waals surface area contributed by atoms with Crippen LogP contribution in [0.2, 0.25) is 5.04 Å². The number of hydrogen-bond donors (Lipinski definition) is 1. The molecule has 2 nitrogen and oxygen atoms in total. The molecule has 0 radical (unpaired) electrons. The molecule has 26 heavy (non-hydrogen) atoms. The number of aliphatic hydroxyl groups is 1. The Balaban J connectivity index is 2.00. The lowest BCUT2D eigenvalue weighted by Gasteiger charge is -2.44. The van der Waals surface area contributed by atoms with E-state index in [9.17, 15) is 5.11 Å². The maximum atomic E-state index is 10.1. The van der Waals surface area contributed by atoms with Gasteiger partial charge in [-0.2, -0.15) is 0 Å². The fraction of sp³-hybridized carbons (Fsp3) is 0.478. The van der Waals surface area contributed by atoms with E-state index in [-0.39, 0.29) is 11.1 Å². The van der Waals surface area contributed by atoms with Crippen LogP contribution in [0.3, 0.4) is 0 Å². The lowest BCUT2D eigenvalue weighted by atomic mass is 9.88. The molecule has 1 aliphatic carbocycles.